The Bertz CT molecular complexity index is 1530. The van der Waals surface area contributed by atoms with E-state index in [0.29, 0.717) is 50.6 Å². The average Bonchev–Trinajstić information content (AvgIpc) is 3.10. The standard InChI is InChI=1S/C34H37N7O3/c42-32-28-10-4-5-11-29(28)44-26-34(13-20-40(21-14-34)33(43)31-37-15-7-16-38-31)12-6-19-39(30-24-35-17-18-36-30)22-23-41(32)25-27-8-2-1-3-9-27/h1-5,7-11,15-18,24H,6,12-14,19-23,25-26H2. The molecule has 0 N–H and O–H groups in total. The fourth-order valence-corrected chi connectivity index (χ4v) is 6.11. The molecule has 0 atom stereocenters. The molecular weight excluding hydrogens is 554 g/mol. The van der Waals surface area contributed by atoms with E-state index < -0.39 is 0 Å². The molecule has 10 heteroatoms. The predicted octanol–water partition coefficient (Wildman–Crippen LogP) is 4.51. The van der Waals surface area contributed by atoms with E-state index in [4.69, 9.17) is 4.74 Å². The van der Waals surface area contributed by atoms with Crippen LogP contribution in [0, 0.1) is 5.41 Å². The van der Waals surface area contributed by atoms with Crippen LogP contribution >= 0.6 is 0 Å². The Morgan fingerprint density at radius 3 is 2.34 bits per heavy atom. The number of carbonyl (C=O) groups excluding carboxylic acids is 2. The number of nitrogens with zero attached hydrogens (tertiary/aromatic N) is 7. The summed E-state index contributed by atoms with van der Waals surface area (Å²) in [6, 6.07) is 19.3. The molecule has 6 rings (SSSR count). The number of hydrogen-bond donors (Lipinski definition) is 0. The van der Waals surface area contributed by atoms with E-state index in [1.54, 1.807) is 37.1 Å². The second kappa shape index (κ2) is 13.6. The fourth-order valence-electron chi connectivity index (χ4n) is 6.11. The van der Waals surface area contributed by atoms with Crippen LogP contribution in [0.1, 0.15) is 52.2 Å². The summed E-state index contributed by atoms with van der Waals surface area (Å²) in [6.45, 7) is 4.04. The van der Waals surface area contributed by atoms with Gasteiger partial charge in [-0.3, -0.25) is 14.6 Å². The Morgan fingerprint density at radius 2 is 1.57 bits per heavy atom. The summed E-state index contributed by atoms with van der Waals surface area (Å²) in [5.41, 5.74) is 1.46. The van der Waals surface area contributed by atoms with Gasteiger partial charge >= 0.3 is 0 Å². The van der Waals surface area contributed by atoms with Crippen molar-refractivity contribution in [1.29, 1.82) is 0 Å². The molecular formula is C34H37N7O3. The van der Waals surface area contributed by atoms with Crippen molar-refractivity contribution >= 4 is 17.6 Å². The van der Waals surface area contributed by atoms with Crippen LogP contribution in [0.25, 0.3) is 0 Å². The van der Waals surface area contributed by atoms with Gasteiger partial charge in [0.1, 0.15) is 11.6 Å². The lowest BCUT2D eigenvalue weighted by molar-refractivity contribution is 0.0356. The van der Waals surface area contributed by atoms with Crippen molar-refractivity contribution < 1.29 is 14.3 Å². The lowest BCUT2D eigenvalue weighted by Crippen LogP contribution is -2.46. The summed E-state index contributed by atoms with van der Waals surface area (Å²) in [6.07, 6.45) is 11.7. The third-order valence-electron chi connectivity index (χ3n) is 8.67. The summed E-state index contributed by atoms with van der Waals surface area (Å²) in [7, 11) is 0. The van der Waals surface area contributed by atoms with Crippen LogP contribution < -0.4 is 9.64 Å². The number of likely N-dealkylation sites (tertiary alicyclic amines) is 1. The molecule has 1 fully saturated rings. The molecule has 0 unspecified atom stereocenters. The van der Waals surface area contributed by atoms with Crippen LogP contribution in [0.2, 0.25) is 0 Å². The van der Waals surface area contributed by atoms with E-state index in [0.717, 1.165) is 43.6 Å². The molecule has 0 aliphatic carbocycles. The first-order chi connectivity index (χ1) is 21.6. The Kier molecular flexibility index (Phi) is 9.05. The molecule has 2 aliphatic rings. The predicted molar refractivity (Wildman–Crippen MR) is 166 cm³/mol. The van der Waals surface area contributed by atoms with Crippen molar-refractivity contribution in [2.24, 2.45) is 5.41 Å². The minimum absolute atomic E-state index is 0.0693. The van der Waals surface area contributed by atoms with Crippen LogP contribution in [0.3, 0.4) is 0 Å². The maximum Gasteiger partial charge on any atom is 0.291 e. The lowest BCUT2D eigenvalue weighted by Gasteiger charge is -2.42. The molecule has 4 heterocycles. The maximum atomic E-state index is 14.2. The van der Waals surface area contributed by atoms with Crippen LogP contribution in [-0.4, -0.2) is 80.9 Å². The van der Waals surface area contributed by atoms with Crippen LogP contribution in [-0.2, 0) is 6.54 Å². The number of para-hydroxylation sites is 1. The first-order valence-corrected chi connectivity index (χ1v) is 15.2. The Hall–Kier alpha value is -4.86. The zero-order valence-corrected chi connectivity index (χ0v) is 24.8. The van der Waals surface area contributed by atoms with Gasteiger partial charge in [0.25, 0.3) is 11.8 Å². The number of benzene rings is 2. The minimum atomic E-state index is -0.156. The van der Waals surface area contributed by atoms with Crippen LogP contribution in [0.4, 0.5) is 5.82 Å². The zero-order chi connectivity index (χ0) is 30.2. The van der Waals surface area contributed by atoms with Gasteiger partial charge in [-0.2, -0.15) is 0 Å². The normalized spacial score (nSPS) is 17.5. The summed E-state index contributed by atoms with van der Waals surface area (Å²) >= 11 is 0. The van der Waals surface area contributed by atoms with E-state index in [2.05, 4.69) is 24.8 Å². The van der Waals surface area contributed by atoms with E-state index in [1.807, 2.05) is 64.4 Å². The van der Waals surface area contributed by atoms with Gasteiger partial charge in [-0.15, -0.1) is 0 Å². The largest absolute Gasteiger partial charge is 0.492 e. The maximum absolute atomic E-state index is 14.2. The monoisotopic (exact) mass is 591 g/mol. The Morgan fingerprint density at radius 1 is 0.795 bits per heavy atom. The molecule has 1 spiro atoms. The van der Waals surface area contributed by atoms with Gasteiger partial charge in [0.05, 0.1) is 18.4 Å². The molecule has 2 aromatic heterocycles. The topological polar surface area (TPSA) is 105 Å². The molecule has 0 radical (unpaired) electrons. The van der Waals surface area contributed by atoms with Crippen molar-refractivity contribution in [3.05, 3.63) is 109 Å². The van der Waals surface area contributed by atoms with E-state index in [-0.39, 0.29) is 23.1 Å². The number of aromatic nitrogens is 4. The van der Waals surface area contributed by atoms with Crippen molar-refractivity contribution in [1.82, 2.24) is 29.7 Å². The second-order valence-corrected chi connectivity index (χ2v) is 11.5. The third kappa shape index (κ3) is 6.85. The van der Waals surface area contributed by atoms with Gasteiger partial charge in [-0.25, -0.2) is 15.0 Å². The van der Waals surface area contributed by atoms with Crippen molar-refractivity contribution in [3.8, 4) is 5.75 Å². The van der Waals surface area contributed by atoms with Gasteiger partial charge in [0.2, 0.25) is 5.82 Å². The molecule has 10 nitrogen and oxygen atoms in total. The number of ether oxygens (including phenoxy) is 1. The SMILES string of the molecule is O=C(c1ncccn1)N1CCC2(CCCN(c3cnccn3)CCN(Cc3ccccc3)C(=O)c3ccccc3OC2)CC1. The fraction of sp³-hybridized carbons (Fsp3) is 0.353. The third-order valence-corrected chi connectivity index (χ3v) is 8.67. The average molecular weight is 592 g/mol. The van der Waals surface area contributed by atoms with Crippen molar-refractivity contribution in [2.45, 2.75) is 32.2 Å². The number of fused-ring (bicyclic) bond motifs is 1. The molecule has 0 saturated carbocycles. The molecule has 1 saturated heterocycles. The highest BCUT2D eigenvalue weighted by Gasteiger charge is 2.38. The first kappa shape index (κ1) is 29.2. The number of anilines is 1. The van der Waals surface area contributed by atoms with Crippen LogP contribution in [0.5, 0.6) is 5.75 Å². The summed E-state index contributed by atoms with van der Waals surface area (Å²) in [5.74, 6) is 1.40. The summed E-state index contributed by atoms with van der Waals surface area (Å²) < 4.78 is 6.54. The highest BCUT2D eigenvalue weighted by molar-refractivity contribution is 5.97. The number of rotatable bonds is 4. The molecule has 0 bridgehead atoms. The highest BCUT2D eigenvalue weighted by atomic mass is 16.5. The van der Waals surface area contributed by atoms with Gasteiger partial charge in [-0.1, -0.05) is 42.5 Å². The van der Waals surface area contributed by atoms with E-state index in [1.165, 1.54) is 0 Å². The second-order valence-electron chi connectivity index (χ2n) is 11.5. The number of hydrogen-bond acceptors (Lipinski definition) is 8. The molecule has 2 amide bonds. The van der Waals surface area contributed by atoms with Crippen LogP contribution in [0.15, 0.2) is 91.6 Å². The molecule has 44 heavy (non-hydrogen) atoms. The van der Waals surface area contributed by atoms with Crippen molar-refractivity contribution in [3.63, 3.8) is 0 Å². The summed E-state index contributed by atoms with van der Waals surface area (Å²) in [4.78, 5) is 50.4. The first-order valence-electron chi connectivity index (χ1n) is 15.2. The molecule has 4 aromatic rings. The molecule has 2 aliphatic heterocycles. The highest BCUT2D eigenvalue weighted by Crippen LogP contribution is 2.38. The molecule has 2 aromatic carbocycles. The smallest absolute Gasteiger partial charge is 0.291 e. The van der Waals surface area contributed by atoms with Gasteiger partial charge in [0.15, 0.2) is 0 Å². The quantitative estimate of drug-likeness (QED) is 0.342. The number of piperidine rings is 1. The van der Waals surface area contributed by atoms with E-state index >= 15 is 0 Å². The zero-order valence-electron chi connectivity index (χ0n) is 24.8. The Labute approximate surface area is 257 Å². The Balaban J connectivity index is 1.27. The minimum Gasteiger partial charge on any atom is -0.492 e. The van der Waals surface area contributed by atoms with Crippen molar-refractivity contribution in [2.75, 3.05) is 44.2 Å². The van der Waals surface area contributed by atoms with Gasteiger partial charge in [0, 0.05) is 69.5 Å². The number of carbonyl (C=O) groups is 2. The van der Waals surface area contributed by atoms with Gasteiger partial charge < -0.3 is 19.4 Å². The van der Waals surface area contributed by atoms with Gasteiger partial charge in [-0.05, 0) is 49.4 Å². The van der Waals surface area contributed by atoms with E-state index in [9.17, 15) is 9.59 Å². The number of amides is 2. The molecule has 226 valence electrons. The summed E-state index contributed by atoms with van der Waals surface area (Å²) in [5, 5.41) is 0. The lowest BCUT2D eigenvalue weighted by atomic mass is 9.75.